The first-order valence-corrected chi connectivity index (χ1v) is 7.71. The number of rotatable bonds is 6. The lowest BCUT2D eigenvalue weighted by atomic mass is 10.1. The Kier molecular flexibility index (Phi) is 6.08. The van der Waals surface area contributed by atoms with Gasteiger partial charge in [0.15, 0.2) is 6.61 Å². The van der Waals surface area contributed by atoms with Crippen LogP contribution in [0.4, 0.5) is 5.69 Å². The van der Waals surface area contributed by atoms with Gasteiger partial charge in [-0.15, -0.1) is 0 Å². The summed E-state index contributed by atoms with van der Waals surface area (Å²) in [4.78, 5) is 33.7. The van der Waals surface area contributed by atoms with Crippen molar-refractivity contribution in [1.29, 1.82) is 0 Å². The Labute approximate surface area is 148 Å². The van der Waals surface area contributed by atoms with E-state index in [1.54, 1.807) is 31.2 Å². The van der Waals surface area contributed by atoms with Crippen molar-refractivity contribution in [2.45, 2.75) is 13.0 Å². The molecule has 0 aliphatic carbocycles. The highest BCUT2D eigenvalue weighted by Crippen LogP contribution is 2.16. The first-order valence-electron chi connectivity index (χ1n) is 7.33. The lowest BCUT2D eigenvalue weighted by Gasteiger charge is -2.14. The van der Waals surface area contributed by atoms with Crippen LogP contribution in [-0.2, 0) is 9.53 Å². The molecule has 1 amide bonds. The van der Waals surface area contributed by atoms with Crippen LogP contribution in [0.15, 0.2) is 48.5 Å². The topological polar surface area (TPSA) is 98.5 Å². The van der Waals surface area contributed by atoms with Crippen LogP contribution in [0, 0.1) is 10.1 Å². The van der Waals surface area contributed by atoms with Crippen molar-refractivity contribution >= 4 is 29.2 Å². The Morgan fingerprint density at radius 1 is 1.16 bits per heavy atom. The Bertz CT molecular complexity index is 775. The van der Waals surface area contributed by atoms with E-state index in [2.05, 4.69) is 5.32 Å². The molecular formula is C17H15ClN2O5. The van der Waals surface area contributed by atoms with Gasteiger partial charge in [0.2, 0.25) is 0 Å². The van der Waals surface area contributed by atoms with Gasteiger partial charge in [-0.25, -0.2) is 4.79 Å². The summed E-state index contributed by atoms with van der Waals surface area (Å²) in [7, 11) is 0. The summed E-state index contributed by atoms with van der Waals surface area (Å²) in [5.41, 5.74) is 0.856. The van der Waals surface area contributed by atoms with Crippen molar-refractivity contribution < 1.29 is 19.2 Å². The van der Waals surface area contributed by atoms with E-state index >= 15 is 0 Å². The fourth-order valence-corrected chi connectivity index (χ4v) is 2.18. The van der Waals surface area contributed by atoms with Crippen LogP contribution in [0.2, 0.25) is 5.02 Å². The van der Waals surface area contributed by atoms with Crippen LogP contribution < -0.4 is 5.32 Å². The number of carbonyl (C=O) groups excluding carboxylic acids is 2. The zero-order valence-corrected chi connectivity index (χ0v) is 14.0. The number of nitrogens with zero attached hydrogens (tertiary/aromatic N) is 1. The molecule has 1 atom stereocenters. The quantitative estimate of drug-likeness (QED) is 0.483. The molecule has 130 valence electrons. The van der Waals surface area contributed by atoms with Crippen molar-refractivity contribution in [1.82, 2.24) is 5.32 Å². The number of carbonyl (C=O) groups is 2. The monoisotopic (exact) mass is 362 g/mol. The number of ether oxygens (including phenoxy) is 1. The van der Waals surface area contributed by atoms with Crippen LogP contribution in [0.5, 0.6) is 0 Å². The van der Waals surface area contributed by atoms with Gasteiger partial charge in [0.05, 0.1) is 16.5 Å². The number of nitrogens with one attached hydrogen (secondary N) is 1. The summed E-state index contributed by atoms with van der Waals surface area (Å²) in [5, 5.41) is 13.9. The number of benzene rings is 2. The third kappa shape index (κ3) is 5.29. The molecule has 0 spiro atoms. The second kappa shape index (κ2) is 8.25. The molecule has 0 bridgehead atoms. The minimum Gasteiger partial charge on any atom is -0.452 e. The maximum absolute atomic E-state index is 11.9. The molecule has 8 heteroatoms. The molecule has 0 heterocycles. The number of nitro benzene ring substituents is 1. The molecule has 0 aliphatic heterocycles. The molecule has 0 radical (unpaired) electrons. The molecule has 2 aromatic carbocycles. The van der Waals surface area contributed by atoms with Crippen molar-refractivity contribution in [3.8, 4) is 0 Å². The van der Waals surface area contributed by atoms with E-state index in [1.165, 1.54) is 24.3 Å². The molecular weight excluding hydrogens is 348 g/mol. The van der Waals surface area contributed by atoms with Gasteiger partial charge in [-0.1, -0.05) is 23.7 Å². The predicted molar refractivity (Wildman–Crippen MR) is 91.4 cm³/mol. The highest BCUT2D eigenvalue weighted by Gasteiger charge is 2.14. The number of amides is 1. The summed E-state index contributed by atoms with van der Waals surface area (Å²) >= 11 is 5.81. The largest absolute Gasteiger partial charge is 0.452 e. The van der Waals surface area contributed by atoms with Gasteiger partial charge in [0.25, 0.3) is 11.6 Å². The lowest BCUT2D eigenvalue weighted by Crippen LogP contribution is -2.31. The average Bonchev–Trinajstić information content (AvgIpc) is 2.60. The molecule has 0 aromatic heterocycles. The molecule has 1 N–H and O–H groups in total. The van der Waals surface area contributed by atoms with E-state index in [9.17, 15) is 19.7 Å². The van der Waals surface area contributed by atoms with Gasteiger partial charge < -0.3 is 10.1 Å². The number of esters is 1. The third-order valence-corrected chi connectivity index (χ3v) is 3.65. The van der Waals surface area contributed by atoms with Crippen LogP contribution in [0.1, 0.15) is 28.9 Å². The minimum atomic E-state index is -0.732. The van der Waals surface area contributed by atoms with E-state index in [4.69, 9.17) is 16.3 Å². The maximum atomic E-state index is 11.9. The van der Waals surface area contributed by atoms with Crippen LogP contribution in [0.3, 0.4) is 0 Å². The number of halogens is 1. The van der Waals surface area contributed by atoms with Crippen molar-refractivity contribution in [3.63, 3.8) is 0 Å². The standard InChI is InChI=1S/C17H15ClN2O5/c1-11(12-2-6-14(18)7-3-12)19-16(21)10-25-17(22)13-4-8-15(9-5-13)20(23)24/h2-9,11H,10H2,1H3,(H,19,21)/t11-/m1/s1. The molecule has 2 aromatic rings. The highest BCUT2D eigenvalue weighted by molar-refractivity contribution is 6.30. The van der Waals surface area contributed by atoms with E-state index in [0.29, 0.717) is 5.02 Å². The highest BCUT2D eigenvalue weighted by atomic mass is 35.5. The molecule has 0 saturated carbocycles. The number of non-ortho nitro benzene ring substituents is 1. The Morgan fingerprint density at radius 2 is 1.76 bits per heavy atom. The Hall–Kier alpha value is -2.93. The zero-order valence-electron chi connectivity index (χ0n) is 13.3. The summed E-state index contributed by atoms with van der Waals surface area (Å²) in [6, 6.07) is 11.7. The van der Waals surface area contributed by atoms with Gasteiger partial charge >= 0.3 is 5.97 Å². The average molecular weight is 363 g/mol. The molecule has 0 aliphatic rings. The summed E-state index contributed by atoms with van der Waals surface area (Å²) in [6.45, 7) is 1.34. The molecule has 2 rings (SSSR count). The Morgan fingerprint density at radius 3 is 2.32 bits per heavy atom. The molecule has 0 unspecified atom stereocenters. The van der Waals surface area contributed by atoms with Gasteiger partial charge in [0, 0.05) is 17.2 Å². The fourth-order valence-electron chi connectivity index (χ4n) is 2.05. The van der Waals surface area contributed by atoms with Gasteiger partial charge in [-0.05, 0) is 36.8 Å². The van der Waals surface area contributed by atoms with E-state index in [-0.39, 0.29) is 17.3 Å². The maximum Gasteiger partial charge on any atom is 0.338 e. The SMILES string of the molecule is C[C@@H](NC(=O)COC(=O)c1ccc([N+](=O)[O-])cc1)c1ccc(Cl)cc1. The lowest BCUT2D eigenvalue weighted by molar-refractivity contribution is -0.384. The van der Waals surface area contributed by atoms with Gasteiger partial charge in [0.1, 0.15) is 0 Å². The zero-order chi connectivity index (χ0) is 18.4. The first-order chi connectivity index (χ1) is 11.9. The van der Waals surface area contributed by atoms with Crippen LogP contribution in [-0.4, -0.2) is 23.4 Å². The van der Waals surface area contributed by atoms with Crippen molar-refractivity contribution in [3.05, 3.63) is 74.8 Å². The summed E-state index contributed by atoms with van der Waals surface area (Å²) in [5.74, 6) is -1.19. The minimum absolute atomic E-state index is 0.129. The number of hydrogen-bond acceptors (Lipinski definition) is 5. The van der Waals surface area contributed by atoms with Crippen molar-refractivity contribution in [2.24, 2.45) is 0 Å². The molecule has 25 heavy (non-hydrogen) atoms. The molecule has 0 fully saturated rings. The predicted octanol–water partition coefficient (Wildman–Crippen LogP) is 3.28. The second-order valence-corrected chi connectivity index (χ2v) is 5.66. The summed E-state index contributed by atoms with van der Waals surface area (Å²) in [6.07, 6.45) is 0. The molecule has 7 nitrogen and oxygen atoms in total. The third-order valence-electron chi connectivity index (χ3n) is 3.40. The van der Waals surface area contributed by atoms with E-state index < -0.39 is 23.4 Å². The van der Waals surface area contributed by atoms with Crippen LogP contribution >= 0.6 is 11.6 Å². The van der Waals surface area contributed by atoms with Gasteiger partial charge in [-0.2, -0.15) is 0 Å². The van der Waals surface area contributed by atoms with Gasteiger partial charge in [-0.3, -0.25) is 14.9 Å². The Balaban J connectivity index is 1.85. The van der Waals surface area contributed by atoms with E-state index in [1.807, 2.05) is 0 Å². The first kappa shape index (κ1) is 18.4. The smallest absolute Gasteiger partial charge is 0.338 e. The fraction of sp³-hybridized carbons (Fsp3) is 0.176. The van der Waals surface area contributed by atoms with Crippen LogP contribution in [0.25, 0.3) is 0 Å². The normalized spacial score (nSPS) is 11.4. The van der Waals surface area contributed by atoms with Crippen molar-refractivity contribution in [2.75, 3.05) is 6.61 Å². The number of hydrogen-bond donors (Lipinski definition) is 1. The molecule has 0 saturated heterocycles. The second-order valence-electron chi connectivity index (χ2n) is 5.22. The number of nitro groups is 1. The summed E-state index contributed by atoms with van der Waals surface area (Å²) < 4.78 is 4.90. The van der Waals surface area contributed by atoms with E-state index in [0.717, 1.165) is 5.56 Å².